The molecule has 3 N–H and O–H groups in total. The minimum absolute atomic E-state index is 0. The Bertz CT molecular complexity index is 610. The Balaban J connectivity index is 0.00000338. The van der Waals surface area contributed by atoms with Gasteiger partial charge in [-0.3, -0.25) is 4.79 Å². The second-order valence-electron chi connectivity index (χ2n) is 5.94. The summed E-state index contributed by atoms with van der Waals surface area (Å²) in [6, 6.07) is 6.02. The number of halogens is 1. The smallest absolute Gasteiger partial charge is 0.231 e. The number of fused-ring (bicyclic) bond motifs is 1. The van der Waals surface area contributed by atoms with Gasteiger partial charge in [0.25, 0.3) is 0 Å². The second kappa shape index (κ2) is 11.8. The molecule has 1 aliphatic rings. The Morgan fingerprint density at radius 2 is 2.00 bits per heavy atom. The van der Waals surface area contributed by atoms with Crippen molar-refractivity contribution in [2.45, 2.75) is 46.2 Å². The summed E-state index contributed by atoms with van der Waals surface area (Å²) in [5, 5.41) is 9.32. The summed E-state index contributed by atoms with van der Waals surface area (Å²) in [7, 11) is 0. The molecule has 8 heteroatoms. The monoisotopic (exact) mass is 476 g/mol. The molecule has 26 heavy (non-hydrogen) atoms. The van der Waals surface area contributed by atoms with E-state index in [2.05, 4.69) is 27.9 Å². The highest BCUT2D eigenvalue weighted by Crippen LogP contribution is 2.32. The molecule has 1 atom stereocenters. The van der Waals surface area contributed by atoms with Crippen LogP contribution in [0.15, 0.2) is 23.2 Å². The van der Waals surface area contributed by atoms with E-state index < -0.39 is 0 Å². The van der Waals surface area contributed by atoms with E-state index in [4.69, 9.17) is 9.47 Å². The lowest BCUT2D eigenvalue weighted by Crippen LogP contribution is -2.40. The maximum atomic E-state index is 11.8. The summed E-state index contributed by atoms with van der Waals surface area (Å²) in [5.74, 6) is 2.27. The van der Waals surface area contributed by atoms with Crippen molar-refractivity contribution in [2.75, 3.05) is 19.9 Å². The van der Waals surface area contributed by atoms with Crippen molar-refractivity contribution in [3.05, 3.63) is 23.8 Å². The number of rotatable bonds is 8. The fourth-order valence-electron chi connectivity index (χ4n) is 2.29. The Hall–Kier alpha value is -1.71. The van der Waals surface area contributed by atoms with Crippen LogP contribution in [0.25, 0.3) is 0 Å². The Morgan fingerprint density at radius 1 is 1.23 bits per heavy atom. The summed E-state index contributed by atoms with van der Waals surface area (Å²) in [4.78, 5) is 16.4. The van der Waals surface area contributed by atoms with Gasteiger partial charge in [0, 0.05) is 25.6 Å². The number of benzene rings is 1. The first-order valence-corrected chi connectivity index (χ1v) is 8.82. The zero-order valence-corrected chi connectivity index (χ0v) is 18.0. The van der Waals surface area contributed by atoms with E-state index >= 15 is 0 Å². The number of nitrogens with one attached hydrogen (secondary N) is 3. The number of guanidine groups is 1. The van der Waals surface area contributed by atoms with Crippen molar-refractivity contribution in [2.24, 2.45) is 4.99 Å². The molecule has 1 heterocycles. The third kappa shape index (κ3) is 7.27. The normalized spacial score (nSPS) is 13.6. The van der Waals surface area contributed by atoms with E-state index in [-0.39, 0.29) is 42.7 Å². The molecule has 1 aromatic carbocycles. The molecule has 1 aliphatic heterocycles. The fraction of sp³-hybridized carbons (Fsp3) is 0.556. The molecule has 1 aromatic rings. The summed E-state index contributed by atoms with van der Waals surface area (Å²) >= 11 is 0. The molecule has 0 saturated carbocycles. The number of carbonyl (C=O) groups is 1. The number of ether oxygens (including phenoxy) is 2. The lowest BCUT2D eigenvalue weighted by atomic mass is 10.2. The first-order chi connectivity index (χ1) is 12.1. The first kappa shape index (κ1) is 22.3. The third-order valence-corrected chi connectivity index (χ3v) is 3.87. The Morgan fingerprint density at radius 3 is 2.73 bits per heavy atom. The van der Waals surface area contributed by atoms with Crippen LogP contribution in [0.5, 0.6) is 11.5 Å². The highest BCUT2D eigenvalue weighted by atomic mass is 127. The molecular formula is C18H29IN4O3. The van der Waals surface area contributed by atoms with Gasteiger partial charge in [-0.25, -0.2) is 4.99 Å². The quantitative estimate of drug-likeness (QED) is 0.305. The van der Waals surface area contributed by atoms with Gasteiger partial charge in [0.2, 0.25) is 12.7 Å². The van der Waals surface area contributed by atoms with E-state index in [1.54, 1.807) is 0 Å². The number of nitrogens with zero attached hydrogens (tertiary/aromatic N) is 1. The van der Waals surface area contributed by atoms with E-state index in [0.717, 1.165) is 30.0 Å². The van der Waals surface area contributed by atoms with Crippen LogP contribution < -0.4 is 25.4 Å². The van der Waals surface area contributed by atoms with Crippen molar-refractivity contribution in [3.63, 3.8) is 0 Å². The second-order valence-corrected chi connectivity index (χ2v) is 5.94. The highest BCUT2D eigenvalue weighted by molar-refractivity contribution is 14.0. The molecule has 7 nitrogen and oxygen atoms in total. The van der Waals surface area contributed by atoms with E-state index in [9.17, 15) is 4.79 Å². The van der Waals surface area contributed by atoms with Crippen molar-refractivity contribution in [3.8, 4) is 11.5 Å². The van der Waals surface area contributed by atoms with Crippen LogP contribution >= 0.6 is 24.0 Å². The number of hydrogen-bond donors (Lipinski definition) is 3. The van der Waals surface area contributed by atoms with Gasteiger partial charge in [-0.1, -0.05) is 13.0 Å². The molecule has 1 amide bonds. The van der Waals surface area contributed by atoms with Gasteiger partial charge in [-0.15, -0.1) is 24.0 Å². The van der Waals surface area contributed by atoms with E-state index in [1.165, 1.54) is 0 Å². The molecule has 0 aliphatic carbocycles. The molecule has 2 rings (SSSR count). The van der Waals surface area contributed by atoms with Crippen LogP contribution in [-0.2, 0) is 11.3 Å². The third-order valence-electron chi connectivity index (χ3n) is 3.87. The topological polar surface area (TPSA) is 84.0 Å². The summed E-state index contributed by atoms with van der Waals surface area (Å²) in [6.07, 6.45) is 1.34. The molecule has 0 bridgehead atoms. The van der Waals surface area contributed by atoms with Gasteiger partial charge >= 0.3 is 0 Å². The van der Waals surface area contributed by atoms with Crippen molar-refractivity contribution in [1.29, 1.82) is 0 Å². The molecule has 0 fully saturated rings. The maximum absolute atomic E-state index is 11.8. The van der Waals surface area contributed by atoms with Crippen LogP contribution in [0.2, 0.25) is 0 Å². The molecule has 1 unspecified atom stereocenters. The molecule has 0 saturated heterocycles. The summed E-state index contributed by atoms with van der Waals surface area (Å²) in [5.41, 5.74) is 1.04. The van der Waals surface area contributed by atoms with Crippen LogP contribution in [0.1, 0.15) is 39.2 Å². The molecule has 0 spiro atoms. The predicted octanol–water partition coefficient (Wildman–Crippen LogP) is 2.39. The fourth-order valence-corrected chi connectivity index (χ4v) is 2.29. The van der Waals surface area contributed by atoms with Gasteiger partial charge < -0.3 is 25.4 Å². The summed E-state index contributed by atoms with van der Waals surface area (Å²) < 4.78 is 10.7. The lowest BCUT2D eigenvalue weighted by molar-refractivity contribution is -0.121. The van der Waals surface area contributed by atoms with E-state index in [0.29, 0.717) is 25.5 Å². The van der Waals surface area contributed by atoms with Crippen LogP contribution in [0, 0.1) is 0 Å². The van der Waals surface area contributed by atoms with Crippen LogP contribution in [0.3, 0.4) is 0 Å². The zero-order chi connectivity index (χ0) is 18.1. The van der Waals surface area contributed by atoms with Gasteiger partial charge in [0.05, 0.1) is 6.54 Å². The molecular weight excluding hydrogens is 447 g/mol. The average Bonchev–Trinajstić information content (AvgIpc) is 3.07. The largest absolute Gasteiger partial charge is 0.454 e. The van der Waals surface area contributed by atoms with Gasteiger partial charge in [0.15, 0.2) is 17.5 Å². The van der Waals surface area contributed by atoms with Crippen molar-refractivity contribution >= 4 is 35.8 Å². The van der Waals surface area contributed by atoms with Gasteiger partial charge in [-0.05, 0) is 38.0 Å². The first-order valence-electron chi connectivity index (χ1n) is 8.82. The average molecular weight is 476 g/mol. The molecule has 146 valence electrons. The van der Waals surface area contributed by atoms with Gasteiger partial charge in [0.1, 0.15) is 0 Å². The van der Waals surface area contributed by atoms with E-state index in [1.807, 2.05) is 32.0 Å². The predicted molar refractivity (Wildman–Crippen MR) is 113 cm³/mol. The Labute approximate surface area is 172 Å². The minimum Gasteiger partial charge on any atom is -0.454 e. The van der Waals surface area contributed by atoms with Crippen LogP contribution in [-0.4, -0.2) is 37.8 Å². The highest BCUT2D eigenvalue weighted by Gasteiger charge is 2.13. The number of carbonyl (C=O) groups excluding carboxylic acids is 1. The maximum Gasteiger partial charge on any atom is 0.231 e. The molecule has 0 radical (unpaired) electrons. The number of aliphatic imine (C=N–C) groups is 1. The molecule has 0 aromatic heterocycles. The van der Waals surface area contributed by atoms with Gasteiger partial charge in [-0.2, -0.15) is 0 Å². The number of hydrogen-bond acceptors (Lipinski definition) is 4. The van der Waals surface area contributed by atoms with Crippen molar-refractivity contribution in [1.82, 2.24) is 16.0 Å². The lowest BCUT2D eigenvalue weighted by Gasteiger charge is -2.13. The SMILES string of the molecule is CCNC(=NCc1ccc2c(c1)OCO2)NCCC(=O)NC(C)CC.I. The van der Waals surface area contributed by atoms with Crippen molar-refractivity contribution < 1.29 is 14.3 Å². The Kier molecular flexibility index (Phi) is 10.2. The van der Waals surface area contributed by atoms with Crippen LogP contribution in [0.4, 0.5) is 0 Å². The zero-order valence-electron chi connectivity index (χ0n) is 15.6. The standard InChI is InChI=1S/C18H28N4O3.HI/c1-4-13(3)22-17(23)8-9-20-18(19-5-2)21-11-14-6-7-15-16(10-14)25-12-24-15;/h6-7,10,13H,4-5,8-9,11-12H2,1-3H3,(H,22,23)(H2,19,20,21);1H. The minimum atomic E-state index is 0. The summed E-state index contributed by atoms with van der Waals surface area (Å²) in [6.45, 7) is 8.14. The number of amides is 1.